The molecule has 1 heterocycles. The molecule has 0 aromatic rings. The summed E-state index contributed by atoms with van der Waals surface area (Å²) in [5.74, 6) is 2.85. The summed E-state index contributed by atoms with van der Waals surface area (Å²) < 4.78 is 0. The van der Waals surface area contributed by atoms with Crippen molar-refractivity contribution in [2.24, 2.45) is 39.7 Å². The molecule has 3 saturated carbocycles. The molecule has 4 aliphatic carbocycles. The minimum absolute atomic E-state index is 0.216. The predicted molar refractivity (Wildman–Crippen MR) is 133 cm³/mol. The molecule has 0 bridgehead atoms. The quantitative estimate of drug-likeness (QED) is 0.343. The minimum atomic E-state index is -0.358. The van der Waals surface area contributed by atoms with Gasteiger partial charge >= 0.3 is 6.09 Å². The first kappa shape index (κ1) is 24.0. The van der Waals surface area contributed by atoms with Crippen molar-refractivity contribution >= 4 is 17.6 Å². The number of allylic oxidation sites excluding steroid dienone is 1. The van der Waals surface area contributed by atoms with Gasteiger partial charge in [0.25, 0.3) is 0 Å². The predicted octanol–water partition coefficient (Wildman–Crippen LogP) is 5.33. The average molecular weight is 470 g/mol. The van der Waals surface area contributed by atoms with Gasteiger partial charge in [0.2, 0.25) is 0 Å². The van der Waals surface area contributed by atoms with Crippen molar-refractivity contribution in [2.75, 3.05) is 20.1 Å². The molecular weight excluding hydrogens is 426 g/mol. The second kappa shape index (κ2) is 9.07. The van der Waals surface area contributed by atoms with Crippen molar-refractivity contribution in [3.05, 3.63) is 11.6 Å². The Hall–Kier alpha value is -1.69. The molecule has 34 heavy (non-hydrogen) atoms. The first-order valence-corrected chi connectivity index (χ1v) is 13.7. The number of rotatable bonds is 4. The third-order valence-electron chi connectivity index (χ3n) is 10.7. The fourth-order valence-electron chi connectivity index (χ4n) is 8.81. The van der Waals surface area contributed by atoms with Gasteiger partial charge in [0, 0.05) is 32.0 Å². The summed E-state index contributed by atoms with van der Waals surface area (Å²) in [6.45, 7) is 8.68. The van der Waals surface area contributed by atoms with E-state index in [0.717, 1.165) is 50.3 Å². The number of amides is 1. The van der Waals surface area contributed by atoms with Crippen LogP contribution in [0.1, 0.15) is 85.0 Å². The third-order valence-corrected chi connectivity index (χ3v) is 10.7. The molecule has 5 aliphatic rings. The molecule has 1 N–H and O–H groups in total. The molecule has 0 radical (unpaired) electrons. The van der Waals surface area contributed by atoms with E-state index in [9.17, 15) is 9.59 Å². The van der Waals surface area contributed by atoms with Gasteiger partial charge in [-0.2, -0.15) is 0 Å². The third kappa shape index (κ3) is 4.04. The van der Waals surface area contributed by atoms with Gasteiger partial charge in [-0.25, -0.2) is 4.79 Å². The Kier molecular flexibility index (Phi) is 6.41. The molecule has 7 atom stereocenters. The summed E-state index contributed by atoms with van der Waals surface area (Å²) in [7, 11) is 1.80. The maximum Gasteiger partial charge on any atom is 0.435 e. The van der Waals surface area contributed by atoms with E-state index in [1.54, 1.807) is 11.9 Å². The largest absolute Gasteiger partial charge is 0.435 e. The number of carbonyl (C=O) groups is 2. The van der Waals surface area contributed by atoms with E-state index >= 15 is 0 Å². The molecule has 1 saturated heterocycles. The second-order valence-corrected chi connectivity index (χ2v) is 12.4. The Balaban J connectivity index is 1.25. The smallest absolute Gasteiger partial charge is 0.312 e. The van der Waals surface area contributed by atoms with Crippen LogP contribution in [-0.4, -0.2) is 48.7 Å². The van der Waals surface area contributed by atoms with E-state index in [1.165, 1.54) is 37.7 Å². The molecule has 0 aromatic carbocycles. The summed E-state index contributed by atoms with van der Waals surface area (Å²) in [5.41, 5.74) is 2.86. The lowest BCUT2D eigenvalue weighted by molar-refractivity contribution is -0.117. The van der Waals surface area contributed by atoms with Crippen LogP contribution >= 0.6 is 0 Å². The fraction of sp³-hybridized carbons (Fsp3) is 0.821. The number of ketones is 1. The summed E-state index contributed by atoms with van der Waals surface area (Å²) in [6, 6.07) is 0.363. The number of hydrogen-bond donors (Lipinski definition) is 1. The van der Waals surface area contributed by atoms with Gasteiger partial charge in [0.15, 0.2) is 5.78 Å². The monoisotopic (exact) mass is 469 g/mol. The van der Waals surface area contributed by atoms with Crippen molar-refractivity contribution in [3.63, 3.8) is 0 Å². The molecule has 1 aliphatic heterocycles. The lowest BCUT2D eigenvalue weighted by atomic mass is 9.46. The van der Waals surface area contributed by atoms with E-state index in [1.807, 2.05) is 6.08 Å². The lowest BCUT2D eigenvalue weighted by Crippen LogP contribution is -2.51. The van der Waals surface area contributed by atoms with E-state index in [2.05, 4.69) is 31.2 Å². The average Bonchev–Trinajstić information content (AvgIpc) is 3.44. The molecule has 4 fully saturated rings. The van der Waals surface area contributed by atoms with Crippen LogP contribution in [0.4, 0.5) is 4.79 Å². The highest BCUT2D eigenvalue weighted by Gasteiger charge is 2.59. The molecule has 188 valence electrons. The van der Waals surface area contributed by atoms with Crippen molar-refractivity contribution in [1.29, 1.82) is 0 Å². The van der Waals surface area contributed by atoms with E-state index in [0.29, 0.717) is 36.1 Å². The van der Waals surface area contributed by atoms with Crippen molar-refractivity contribution < 1.29 is 14.4 Å². The molecule has 0 aromatic heterocycles. The zero-order valence-corrected chi connectivity index (χ0v) is 21.6. The zero-order chi connectivity index (χ0) is 24.1. The van der Waals surface area contributed by atoms with Crippen LogP contribution in [0, 0.1) is 34.5 Å². The van der Waals surface area contributed by atoms with E-state index in [-0.39, 0.29) is 16.9 Å². The van der Waals surface area contributed by atoms with Gasteiger partial charge in [0.05, 0.1) is 5.71 Å². The number of fused-ring (bicyclic) bond motifs is 5. The molecule has 5 rings (SSSR count). The Morgan fingerprint density at radius 2 is 1.97 bits per heavy atom. The highest BCUT2D eigenvalue weighted by atomic mass is 16.7. The fourth-order valence-corrected chi connectivity index (χ4v) is 8.81. The summed E-state index contributed by atoms with van der Waals surface area (Å²) >= 11 is 0. The number of hydrogen-bond acceptors (Lipinski definition) is 5. The molecule has 1 unspecified atom stereocenters. The summed E-state index contributed by atoms with van der Waals surface area (Å²) in [5, 5.41) is 7.82. The Bertz CT molecular complexity index is 891. The Morgan fingerprint density at radius 3 is 2.74 bits per heavy atom. The van der Waals surface area contributed by atoms with Crippen LogP contribution < -0.4 is 5.32 Å². The van der Waals surface area contributed by atoms with Crippen LogP contribution in [0.3, 0.4) is 0 Å². The Labute approximate surface area is 204 Å². The topological polar surface area (TPSA) is 71.0 Å². The standard InChI is InChI=1S/C28H43N3O3/c1-18(30-34-26(33)31(4)17-20-6-5-15-29-20)23-9-10-24-22-8-7-19-16-21(32)11-13-27(19,2)25(22)12-14-28(23,24)3/h16,20,22-25,29H,5-15,17H2,1-4H3/b30-18+/t20?,22-,23+,24-,25-,27-,28+/m0/s1. The maximum atomic E-state index is 12.5. The summed E-state index contributed by atoms with van der Waals surface area (Å²) in [4.78, 5) is 31.7. The second-order valence-electron chi connectivity index (χ2n) is 12.4. The van der Waals surface area contributed by atoms with Crippen molar-refractivity contribution in [2.45, 2.75) is 91.0 Å². The highest BCUT2D eigenvalue weighted by molar-refractivity contribution is 5.91. The number of carbonyl (C=O) groups excluding carboxylic acids is 2. The van der Waals surface area contributed by atoms with Gasteiger partial charge in [0.1, 0.15) is 0 Å². The van der Waals surface area contributed by atoms with E-state index in [4.69, 9.17) is 4.84 Å². The number of likely N-dealkylation sites (N-methyl/N-ethyl adjacent to an activating group) is 1. The molecular formula is C28H43N3O3. The number of nitrogens with one attached hydrogen (secondary N) is 1. The van der Waals surface area contributed by atoms with Crippen molar-refractivity contribution in [3.8, 4) is 0 Å². The minimum Gasteiger partial charge on any atom is -0.312 e. The number of nitrogens with zero attached hydrogens (tertiary/aromatic N) is 2. The zero-order valence-electron chi connectivity index (χ0n) is 21.6. The normalized spacial score (nSPS) is 41.9. The first-order valence-electron chi connectivity index (χ1n) is 13.7. The van der Waals surface area contributed by atoms with Crippen molar-refractivity contribution in [1.82, 2.24) is 10.2 Å². The Morgan fingerprint density at radius 1 is 1.15 bits per heavy atom. The van der Waals surface area contributed by atoms with Crippen LogP contribution in [0.15, 0.2) is 16.8 Å². The molecule has 1 amide bonds. The van der Waals surface area contributed by atoms with E-state index < -0.39 is 0 Å². The van der Waals surface area contributed by atoms with Gasteiger partial charge in [-0.3, -0.25) is 9.63 Å². The van der Waals surface area contributed by atoms with Gasteiger partial charge in [-0.1, -0.05) is 24.6 Å². The maximum absolute atomic E-state index is 12.5. The van der Waals surface area contributed by atoms with Gasteiger partial charge in [-0.05, 0) is 106 Å². The van der Waals surface area contributed by atoms with Gasteiger partial charge < -0.3 is 10.2 Å². The highest BCUT2D eigenvalue weighted by Crippen LogP contribution is 2.66. The van der Waals surface area contributed by atoms with Crippen LogP contribution in [0.2, 0.25) is 0 Å². The number of oxime groups is 1. The molecule has 6 nitrogen and oxygen atoms in total. The van der Waals surface area contributed by atoms with Crippen LogP contribution in [0.5, 0.6) is 0 Å². The van der Waals surface area contributed by atoms with Crippen LogP contribution in [-0.2, 0) is 9.63 Å². The molecule has 6 heteroatoms. The lowest BCUT2D eigenvalue weighted by Gasteiger charge is -2.58. The first-order chi connectivity index (χ1) is 16.2. The summed E-state index contributed by atoms with van der Waals surface area (Å²) in [6.07, 6.45) is 12.8. The van der Waals surface area contributed by atoms with Crippen LogP contribution in [0.25, 0.3) is 0 Å². The molecule has 0 spiro atoms. The SMILES string of the molecule is C/C(=N\OC(=O)N(C)CC1CCCN1)[C@H]1CC[C@H]2[C@@H]3CCC4=CC(=O)CC[C@]4(C)[C@H]3CC[C@]12C. The van der Waals surface area contributed by atoms with Gasteiger partial charge in [-0.15, -0.1) is 0 Å².